The number of hydrogen-bond donors (Lipinski definition) is 1. The average molecular weight is 334 g/mol. The Labute approximate surface area is 141 Å². The first-order valence-electron chi connectivity index (χ1n) is 8.11. The number of methoxy groups -OCH3 is 1. The summed E-state index contributed by atoms with van der Waals surface area (Å²) in [6.07, 6.45) is 5.71. The Balaban J connectivity index is 1.90. The molecular weight excluding hydrogens is 311 g/mol. The van der Waals surface area contributed by atoms with Gasteiger partial charge in [0.25, 0.3) is 0 Å². The molecule has 2 rings (SSSR count). The van der Waals surface area contributed by atoms with E-state index in [-0.39, 0.29) is 24.3 Å². The standard InChI is InChI=1S/C18H23FN2O3/c1-24-17(22)6-4-11-20-18(23)16-5-2-3-12-21(16)13-14-7-9-15(19)10-8-14/h4,6-10,16H,2-3,5,11-13H2,1H3,(H,20,23)/b6-4+. The quantitative estimate of drug-likeness (QED) is 0.639. The van der Waals surface area contributed by atoms with E-state index in [2.05, 4.69) is 15.0 Å². The summed E-state index contributed by atoms with van der Waals surface area (Å²) in [4.78, 5) is 25.5. The number of nitrogens with zero attached hydrogens (tertiary/aromatic N) is 1. The molecule has 1 amide bonds. The Kier molecular flexibility index (Phi) is 6.93. The largest absolute Gasteiger partial charge is 0.466 e. The Morgan fingerprint density at radius 1 is 1.33 bits per heavy atom. The third-order valence-electron chi connectivity index (χ3n) is 4.06. The van der Waals surface area contributed by atoms with Gasteiger partial charge >= 0.3 is 5.97 Å². The second kappa shape index (κ2) is 9.17. The van der Waals surface area contributed by atoms with Crippen LogP contribution in [0.4, 0.5) is 4.39 Å². The van der Waals surface area contributed by atoms with Crippen molar-refractivity contribution in [3.8, 4) is 0 Å². The third kappa shape index (κ3) is 5.45. The Morgan fingerprint density at radius 3 is 2.79 bits per heavy atom. The average Bonchev–Trinajstić information content (AvgIpc) is 2.60. The number of halogens is 1. The summed E-state index contributed by atoms with van der Waals surface area (Å²) in [5.74, 6) is -0.754. The lowest BCUT2D eigenvalue weighted by atomic mass is 10.0. The lowest BCUT2D eigenvalue weighted by molar-refractivity contribution is -0.135. The van der Waals surface area contributed by atoms with Crippen molar-refractivity contribution in [3.05, 3.63) is 47.8 Å². The van der Waals surface area contributed by atoms with E-state index in [4.69, 9.17) is 0 Å². The van der Waals surface area contributed by atoms with Crippen LogP contribution in [0.25, 0.3) is 0 Å². The lowest BCUT2D eigenvalue weighted by Crippen LogP contribution is -2.49. The fourth-order valence-corrected chi connectivity index (χ4v) is 2.80. The molecule has 130 valence electrons. The van der Waals surface area contributed by atoms with Gasteiger partial charge in [-0.15, -0.1) is 0 Å². The van der Waals surface area contributed by atoms with Crippen LogP contribution in [0.15, 0.2) is 36.4 Å². The van der Waals surface area contributed by atoms with Gasteiger partial charge in [0, 0.05) is 19.2 Å². The van der Waals surface area contributed by atoms with Crippen molar-refractivity contribution in [2.24, 2.45) is 0 Å². The highest BCUT2D eigenvalue weighted by molar-refractivity contribution is 5.83. The van der Waals surface area contributed by atoms with Gasteiger partial charge in [0.15, 0.2) is 0 Å². The highest BCUT2D eigenvalue weighted by atomic mass is 19.1. The van der Waals surface area contributed by atoms with Crippen molar-refractivity contribution in [1.29, 1.82) is 0 Å². The molecule has 1 saturated heterocycles. The number of ether oxygens (including phenoxy) is 1. The van der Waals surface area contributed by atoms with Gasteiger partial charge in [0.05, 0.1) is 13.2 Å². The number of esters is 1. The molecule has 1 N–H and O–H groups in total. The molecule has 1 atom stereocenters. The predicted octanol–water partition coefficient (Wildman–Crippen LogP) is 2.03. The van der Waals surface area contributed by atoms with Crippen molar-refractivity contribution in [2.75, 3.05) is 20.2 Å². The van der Waals surface area contributed by atoms with E-state index >= 15 is 0 Å². The molecule has 1 aliphatic rings. The van der Waals surface area contributed by atoms with E-state index in [1.807, 2.05) is 0 Å². The number of benzene rings is 1. The van der Waals surface area contributed by atoms with Gasteiger partial charge in [-0.05, 0) is 37.1 Å². The zero-order chi connectivity index (χ0) is 17.4. The molecule has 1 heterocycles. The summed E-state index contributed by atoms with van der Waals surface area (Å²) in [5.41, 5.74) is 0.988. The van der Waals surface area contributed by atoms with Crippen molar-refractivity contribution in [3.63, 3.8) is 0 Å². The summed E-state index contributed by atoms with van der Waals surface area (Å²) >= 11 is 0. The zero-order valence-electron chi connectivity index (χ0n) is 13.8. The van der Waals surface area contributed by atoms with E-state index in [0.29, 0.717) is 6.54 Å². The molecule has 0 saturated carbocycles. The molecule has 1 unspecified atom stereocenters. The molecule has 1 fully saturated rings. The highest BCUT2D eigenvalue weighted by Crippen LogP contribution is 2.20. The van der Waals surface area contributed by atoms with Crippen LogP contribution in [-0.4, -0.2) is 43.0 Å². The molecule has 0 radical (unpaired) electrons. The fraction of sp³-hybridized carbons (Fsp3) is 0.444. The molecule has 0 aliphatic carbocycles. The summed E-state index contributed by atoms with van der Waals surface area (Å²) < 4.78 is 17.5. The van der Waals surface area contributed by atoms with Crippen molar-refractivity contribution >= 4 is 11.9 Å². The van der Waals surface area contributed by atoms with Crippen LogP contribution in [-0.2, 0) is 20.9 Å². The van der Waals surface area contributed by atoms with Gasteiger partial charge in [-0.3, -0.25) is 9.69 Å². The van der Waals surface area contributed by atoms with Gasteiger partial charge in [0.1, 0.15) is 5.82 Å². The number of hydrogen-bond acceptors (Lipinski definition) is 4. The normalized spacial score (nSPS) is 18.5. The van der Waals surface area contributed by atoms with Crippen LogP contribution in [0.1, 0.15) is 24.8 Å². The van der Waals surface area contributed by atoms with Crippen LogP contribution in [0.5, 0.6) is 0 Å². The minimum atomic E-state index is -0.445. The van der Waals surface area contributed by atoms with Gasteiger partial charge in [0.2, 0.25) is 5.91 Å². The smallest absolute Gasteiger partial charge is 0.330 e. The first-order valence-corrected chi connectivity index (χ1v) is 8.11. The Bertz CT molecular complexity index is 586. The van der Waals surface area contributed by atoms with Gasteiger partial charge < -0.3 is 10.1 Å². The van der Waals surface area contributed by atoms with E-state index in [1.54, 1.807) is 18.2 Å². The van der Waals surface area contributed by atoms with Crippen molar-refractivity contribution < 1.29 is 18.7 Å². The van der Waals surface area contributed by atoms with E-state index in [1.165, 1.54) is 25.3 Å². The summed E-state index contributed by atoms with van der Waals surface area (Å²) in [5, 5.41) is 2.82. The molecule has 1 aromatic rings. The second-order valence-corrected chi connectivity index (χ2v) is 5.78. The number of amides is 1. The van der Waals surface area contributed by atoms with Crippen molar-refractivity contribution in [2.45, 2.75) is 31.8 Å². The maximum Gasteiger partial charge on any atom is 0.330 e. The monoisotopic (exact) mass is 334 g/mol. The number of carbonyl (C=O) groups is 2. The predicted molar refractivity (Wildman–Crippen MR) is 88.6 cm³/mol. The molecular formula is C18H23FN2O3. The maximum atomic E-state index is 13.0. The molecule has 5 nitrogen and oxygen atoms in total. The first kappa shape index (κ1) is 18.1. The van der Waals surface area contributed by atoms with E-state index in [0.717, 1.165) is 31.4 Å². The minimum absolute atomic E-state index is 0.0497. The van der Waals surface area contributed by atoms with Crippen LogP contribution >= 0.6 is 0 Å². The zero-order valence-corrected chi connectivity index (χ0v) is 13.8. The Morgan fingerprint density at radius 2 is 2.08 bits per heavy atom. The second-order valence-electron chi connectivity index (χ2n) is 5.78. The third-order valence-corrected chi connectivity index (χ3v) is 4.06. The van der Waals surface area contributed by atoms with Gasteiger partial charge in [-0.25, -0.2) is 9.18 Å². The van der Waals surface area contributed by atoms with Crippen LogP contribution in [0.2, 0.25) is 0 Å². The molecule has 0 spiro atoms. The Hall–Kier alpha value is -2.21. The molecule has 24 heavy (non-hydrogen) atoms. The summed E-state index contributed by atoms with van der Waals surface area (Å²) in [7, 11) is 1.31. The first-order chi connectivity index (χ1) is 11.6. The van der Waals surface area contributed by atoms with Crippen LogP contribution in [0, 0.1) is 5.82 Å². The molecule has 1 aliphatic heterocycles. The molecule has 6 heteroatoms. The van der Waals surface area contributed by atoms with Gasteiger partial charge in [-0.2, -0.15) is 0 Å². The molecule has 0 aromatic heterocycles. The molecule has 1 aromatic carbocycles. The van der Waals surface area contributed by atoms with E-state index < -0.39 is 5.97 Å². The van der Waals surface area contributed by atoms with Crippen LogP contribution in [0.3, 0.4) is 0 Å². The topological polar surface area (TPSA) is 58.6 Å². The highest BCUT2D eigenvalue weighted by Gasteiger charge is 2.28. The van der Waals surface area contributed by atoms with Crippen LogP contribution < -0.4 is 5.32 Å². The molecule has 0 bridgehead atoms. The summed E-state index contributed by atoms with van der Waals surface area (Å²) in [6.45, 7) is 1.75. The summed E-state index contributed by atoms with van der Waals surface area (Å²) in [6, 6.07) is 6.17. The fourth-order valence-electron chi connectivity index (χ4n) is 2.80. The SMILES string of the molecule is COC(=O)/C=C/CNC(=O)C1CCCCN1Cc1ccc(F)cc1. The lowest BCUT2D eigenvalue weighted by Gasteiger charge is -2.34. The maximum absolute atomic E-state index is 13.0. The van der Waals surface area contributed by atoms with E-state index in [9.17, 15) is 14.0 Å². The van der Waals surface area contributed by atoms with Crippen molar-refractivity contribution in [1.82, 2.24) is 10.2 Å². The van der Waals surface area contributed by atoms with Gasteiger partial charge in [-0.1, -0.05) is 24.6 Å². The number of nitrogens with one attached hydrogen (secondary N) is 1. The number of carbonyl (C=O) groups excluding carboxylic acids is 2. The number of rotatable bonds is 6. The number of piperidine rings is 1. The minimum Gasteiger partial charge on any atom is -0.466 e. The number of likely N-dealkylation sites (tertiary alicyclic amines) is 1.